The number of para-hydroxylation sites is 4. The van der Waals surface area contributed by atoms with Crippen molar-refractivity contribution in [2.24, 2.45) is 0 Å². The van der Waals surface area contributed by atoms with Gasteiger partial charge in [-0.1, -0.05) is 36.4 Å². The number of nitrogens with one attached hydrogen (secondary N) is 1. The van der Waals surface area contributed by atoms with Gasteiger partial charge in [0.05, 0.1) is 38.3 Å². The normalized spacial score (nSPS) is 10.9. The van der Waals surface area contributed by atoms with E-state index in [9.17, 15) is 4.79 Å². The SMILES string of the molecule is COc1ccc(CC(=O)NCCCc2nc3ccccc3n2CCCCOc2ccccc2OC)cc1. The number of aryl methyl sites for hydroxylation is 2. The van der Waals surface area contributed by atoms with Gasteiger partial charge in [-0.2, -0.15) is 0 Å². The third-order valence-corrected chi connectivity index (χ3v) is 6.26. The maximum atomic E-state index is 12.3. The lowest BCUT2D eigenvalue weighted by Crippen LogP contribution is -2.26. The van der Waals surface area contributed by atoms with Crippen molar-refractivity contribution in [2.75, 3.05) is 27.4 Å². The summed E-state index contributed by atoms with van der Waals surface area (Å²) in [5.74, 6) is 3.38. The van der Waals surface area contributed by atoms with E-state index in [-0.39, 0.29) is 5.91 Å². The minimum absolute atomic E-state index is 0.0220. The fraction of sp³-hybridized carbons (Fsp3) is 0.333. The summed E-state index contributed by atoms with van der Waals surface area (Å²) in [4.78, 5) is 17.2. The van der Waals surface area contributed by atoms with E-state index in [0.717, 1.165) is 71.9 Å². The summed E-state index contributed by atoms with van der Waals surface area (Å²) in [6, 6.07) is 23.5. The van der Waals surface area contributed by atoms with Crippen LogP contribution >= 0.6 is 0 Å². The largest absolute Gasteiger partial charge is 0.497 e. The van der Waals surface area contributed by atoms with Crippen LogP contribution in [0.4, 0.5) is 0 Å². The van der Waals surface area contributed by atoms with E-state index in [2.05, 4.69) is 28.1 Å². The number of aromatic nitrogens is 2. The smallest absolute Gasteiger partial charge is 0.224 e. The molecular weight excluding hydrogens is 466 g/mol. The highest BCUT2D eigenvalue weighted by molar-refractivity contribution is 5.78. The molecule has 0 unspecified atom stereocenters. The molecule has 0 radical (unpaired) electrons. The molecule has 4 aromatic rings. The fourth-order valence-electron chi connectivity index (χ4n) is 4.32. The summed E-state index contributed by atoms with van der Waals surface area (Å²) in [5.41, 5.74) is 3.12. The number of imidazole rings is 1. The van der Waals surface area contributed by atoms with Crippen LogP contribution in [0, 0.1) is 0 Å². The fourth-order valence-corrected chi connectivity index (χ4v) is 4.32. The highest BCUT2D eigenvalue weighted by Crippen LogP contribution is 2.26. The number of unbranched alkanes of at least 4 members (excludes halogenated alkanes) is 1. The van der Waals surface area contributed by atoms with E-state index in [1.165, 1.54) is 0 Å². The van der Waals surface area contributed by atoms with Crippen LogP contribution in [0.3, 0.4) is 0 Å². The molecule has 194 valence electrons. The molecular formula is C30H35N3O4. The van der Waals surface area contributed by atoms with E-state index in [1.54, 1.807) is 14.2 Å². The highest BCUT2D eigenvalue weighted by atomic mass is 16.5. The number of amides is 1. The number of hydrogen-bond acceptors (Lipinski definition) is 5. The molecule has 0 saturated carbocycles. The first-order valence-corrected chi connectivity index (χ1v) is 12.8. The Kier molecular flexibility index (Phi) is 9.41. The van der Waals surface area contributed by atoms with Crippen molar-refractivity contribution in [1.82, 2.24) is 14.9 Å². The van der Waals surface area contributed by atoms with E-state index in [1.807, 2.05) is 54.6 Å². The van der Waals surface area contributed by atoms with Crippen LogP contribution in [0.5, 0.6) is 17.2 Å². The maximum absolute atomic E-state index is 12.3. The molecule has 0 aliphatic carbocycles. The lowest BCUT2D eigenvalue weighted by molar-refractivity contribution is -0.120. The Morgan fingerprint density at radius 1 is 0.865 bits per heavy atom. The van der Waals surface area contributed by atoms with Gasteiger partial charge in [0.15, 0.2) is 11.5 Å². The topological polar surface area (TPSA) is 74.6 Å². The van der Waals surface area contributed by atoms with Crippen LogP contribution in [0.2, 0.25) is 0 Å². The molecule has 0 saturated heterocycles. The average molecular weight is 502 g/mol. The molecule has 0 aliphatic heterocycles. The molecule has 1 aromatic heterocycles. The van der Waals surface area contributed by atoms with Gasteiger partial charge < -0.3 is 24.1 Å². The number of carbonyl (C=O) groups is 1. The number of rotatable bonds is 14. The third kappa shape index (κ3) is 7.26. The minimum atomic E-state index is 0.0220. The summed E-state index contributed by atoms with van der Waals surface area (Å²) in [5, 5.41) is 3.03. The van der Waals surface area contributed by atoms with Crippen LogP contribution in [-0.2, 0) is 24.2 Å². The van der Waals surface area contributed by atoms with Crippen molar-refractivity contribution < 1.29 is 19.0 Å². The molecule has 0 spiro atoms. The van der Waals surface area contributed by atoms with Gasteiger partial charge in [-0.05, 0) is 61.2 Å². The minimum Gasteiger partial charge on any atom is -0.497 e. The standard InChI is InChI=1S/C30H35N3O4/c1-35-24-17-15-23(16-18-24)22-30(34)31-19-9-14-29-32-25-10-3-4-11-26(25)33(29)20-7-8-21-37-28-13-6-5-12-27(28)36-2/h3-6,10-13,15-18H,7-9,14,19-22H2,1-2H3,(H,31,34). The van der Waals surface area contributed by atoms with Gasteiger partial charge in [0.1, 0.15) is 11.6 Å². The van der Waals surface area contributed by atoms with Gasteiger partial charge in [-0.25, -0.2) is 4.98 Å². The van der Waals surface area contributed by atoms with E-state index < -0.39 is 0 Å². The third-order valence-electron chi connectivity index (χ3n) is 6.26. The van der Waals surface area contributed by atoms with Crippen molar-refractivity contribution in [3.05, 3.63) is 84.2 Å². The van der Waals surface area contributed by atoms with Crippen molar-refractivity contribution in [3.8, 4) is 17.2 Å². The second kappa shape index (κ2) is 13.3. The van der Waals surface area contributed by atoms with Crippen LogP contribution in [0.25, 0.3) is 11.0 Å². The lowest BCUT2D eigenvalue weighted by atomic mass is 10.1. The summed E-state index contributed by atoms with van der Waals surface area (Å²) in [6.45, 7) is 2.11. The van der Waals surface area contributed by atoms with Gasteiger partial charge in [0.25, 0.3) is 0 Å². The number of ether oxygens (including phenoxy) is 3. The zero-order valence-corrected chi connectivity index (χ0v) is 21.6. The highest BCUT2D eigenvalue weighted by Gasteiger charge is 2.11. The molecule has 1 N–H and O–H groups in total. The number of carbonyl (C=O) groups excluding carboxylic acids is 1. The zero-order chi connectivity index (χ0) is 25.9. The first-order valence-electron chi connectivity index (χ1n) is 12.8. The van der Waals surface area contributed by atoms with Crippen molar-refractivity contribution in [3.63, 3.8) is 0 Å². The first-order chi connectivity index (χ1) is 18.2. The second-order valence-corrected chi connectivity index (χ2v) is 8.85. The Bertz CT molecular complexity index is 1280. The quantitative estimate of drug-likeness (QED) is 0.240. The molecule has 7 heteroatoms. The zero-order valence-electron chi connectivity index (χ0n) is 21.6. The van der Waals surface area contributed by atoms with Crippen LogP contribution < -0.4 is 19.5 Å². The Morgan fingerprint density at radius 2 is 1.62 bits per heavy atom. The molecule has 0 aliphatic rings. The molecule has 4 rings (SSSR count). The Morgan fingerprint density at radius 3 is 2.41 bits per heavy atom. The van der Waals surface area contributed by atoms with Gasteiger partial charge in [0, 0.05) is 19.5 Å². The summed E-state index contributed by atoms with van der Waals surface area (Å²) in [7, 11) is 3.29. The van der Waals surface area contributed by atoms with Gasteiger partial charge in [0.2, 0.25) is 5.91 Å². The Hall–Kier alpha value is -4.00. The van der Waals surface area contributed by atoms with E-state index in [4.69, 9.17) is 19.2 Å². The van der Waals surface area contributed by atoms with Crippen LogP contribution in [-0.4, -0.2) is 42.8 Å². The summed E-state index contributed by atoms with van der Waals surface area (Å²) in [6.07, 6.45) is 3.88. The molecule has 1 amide bonds. The first kappa shape index (κ1) is 26.1. The Balaban J connectivity index is 1.25. The van der Waals surface area contributed by atoms with Gasteiger partial charge in [-0.15, -0.1) is 0 Å². The maximum Gasteiger partial charge on any atom is 0.224 e. The second-order valence-electron chi connectivity index (χ2n) is 8.85. The predicted octanol–water partition coefficient (Wildman–Crippen LogP) is 5.20. The number of hydrogen-bond donors (Lipinski definition) is 1. The molecule has 7 nitrogen and oxygen atoms in total. The lowest BCUT2D eigenvalue weighted by Gasteiger charge is -2.12. The molecule has 3 aromatic carbocycles. The molecule has 37 heavy (non-hydrogen) atoms. The monoisotopic (exact) mass is 501 g/mol. The number of benzene rings is 3. The van der Waals surface area contributed by atoms with E-state index in [0.29, 0.717) is 19.6 Å². The van der Waals surface area contributed by atoms with Crippen LogP contribution in [0.15, 0.2) is 72.8 Å². The predicted molar refractivity (Wildman–Crippen MR) is 145 cm³/mol. The Labute approximate surface area is 218 Å². The van der Waals surface area contributed by atoms with E-state index >= 15 is 0 Å². The molecule has 1 heterocycles. The van der Waals surface area contributed by atoms with Crippen molar-refractivity contribution in [2.45, 2.75) is 38.6 Å². The summed E-state index contributed by atoms with van der Waals surface area (Å²) >= 11 is 0. The molecule has 0 atom stereocenters. The number of nitrogens with zero attached hydrogens (tertiary/aromatic N) is 2. The number of fused-ring (bicyclic) bond motifs is 1. The molecule has 0 bridgehead atoms. The van der Waals surface area contributed by atoms with Gasteiger partial charge in [-0.3, -0.25) is 4.79 Å². The van der Waals surface area contributed by atoms with Crippen molar-refractivity contribution in [1.29, 1.82) is 0 Å². The van der Waals surface area contributed by atoms with Crippen molar-refractivity contribution >= 4 is 16.9 Å². The van der Waals surface area contributed by atoms with Crippen LogP contribution in [0.1, 0.15) is 30.7 Å². The molecule has 0 fully saturated rings. The number of methoxy groups -OCH3 is 2. The summed E-state index contributed by atoms with van der Waals surface area (Å²) < 4.78 is 18.8. The average Bonchev–Trinajstić information content (AvgIpc) is 3.29. The van der Waals surface area contributed by atoms with Gasteiger partial charge >= 0.3 is 0 Å².